The van der Waals surface area contributed by atoms with Crippen molar-refractivity contribution in [3.63, 3.8) is 0 Å². The largest absolute Gasteiger partial charge is 0.343 e. The summed E-state index contributed by atoms with van der Waals surface area (Å²) in [6.07, 6.45) is 0. The number of hydrogen-bond donors (Lipinski definition) is 2. The van der Waals surface area contributed by atoms with Crippen LogP contribution in [0.15, 0.2) is 66.0 Å². The third-order valence-electron chi connectivity index (χ3n) is 5.34. The minimum absolute atomic E-state index is 0.0819. The first kappa shape index (κ1) is 21.6. The Balaban J connectivity index is 1.53. The van der Waals surface area contributed by atoms with Gasteiger partial charge in [-0.25, -0.2) is 13.6 Å². The van der Waals surface area contributed by atoms with Crippen molar-refractivity contribution in [3.8, 4) is 0 Å². The number of amides is 4. The molecule has 1 saturated heterocycles. The summed E-state index contributed by atoms with van der Waals surface area (Å²) in [5.74, 6) is -3.46. The van der Waals surface area contributed by atoms with Crippen LogP contribution in [0, 0.1) is 11.6 Å². The maximum absolute atomic E-state index is 13.7. The molecule has 1 aliphatic rings. The molecule has 4 rings (SSSR count). The summed E-state index contributed by atoms with van der Waals surface area (Å²) in [4.78, 5) is 40.0. The molecule has 2 aromatic carbocycles. The van der Waals surface area contributed by atoms with Crippen LogP contribution in [-0.2, 0) is 15.1 Å². The predicted octanol–water partition coefficient (Wildman–Crippen LogP) is 3.70. The zero-order valence-corrected chi connectivity index (χ0v) is 17.8. The van der Waals surface area contributed by atoms with Crippen molar-refractivity contribution in [3.05, 3.63) is 93.7 Å². The van der Waals surface area contributed by atoms with Crippen LogP contribution in [-0.4, -0.2) is 29.3 Å². The molecule has 0 aliphatic carbocycles. The molecule has 2 N–H and O–H groups in total. The van der Waals surface area contributed by atoms with Crippen LogP contribution in [0.4, 0.5) is 13.6 Å². The number of carbonyl (C=O) groups is 3. The van der Waals surface area contributed by atoms with E-state index in [4.69, 9.17) is 0 Å². The number of halogens is 2. The highest BCUT2D eigenvalue weighted by atomic mass is 32.1. The number of hydrogen-bond acceptors (Lipinski definition) is 4. The highest BCUT2D eigenvalue weighted by molar-refractivity contribution is 7.10. The quantitative estimate of drug-likeness (QED) is 0.557. The molecule has 4 amide bonds. The van der Waals surface area contributed by atoms with Gasteiger partial charge in [0.15, 0.2) is 11.6 Å². The lowest BCUT2D eigenvalue weighted by Gasteiger charge is -2.23. The van der Waals surface area contributed by atoms with E-state index in [9.17, 15) is 23.2 Å². The number of imide groups is 1. The molecule has 32 heavy (non-hydrogen) atoms. The van der Waals surface area contributed by atoms with E-state index in [1.165, 1.54) is 24.3 Å². The third kappa shape index (κ3) is 3.99. The lowest BCUT2D eigenvalue weighted by Crippen LogP contribution is -2.44. The molecule has 9 heteroatoms. The Morgan fingerprint density at radius 2 is 1.84 bits per heavy atom. The van der Waals surface area contributed by atoms with E-state index in [1.807, 2.05) is 47.8 Å². The Kier molecular flexibility index (Phi) is 5.75. The van der Waals surface area contributed by atoms with Gasteiger partial charge in [-0.3, -0.25) is 14.5 Å². The van der Waals surface area contributed by atoms with Gasteiger partial charge < -0.3 is 10.6 Å². The Hall–Kier alpha value is -3.59. The Morgan fingerprint density at radius 3 is 2.50 bits per heavy atom. The van der Waals surface area contributed by atoms with Crippen molar-refractivity contribution >= 4 is 29.2 Å². The second-order valence-corrected chi connectivity index (χ2v) is 8.48. The molecule has 1 fully saturated rings. The number of rotatable bonds is 6. The van der Waals surface area contributed by atoms with Crippen LogP contribution >= 0.6 is 11.3 Å². The first-order valence-electron chi connectivity index (χ1n) is 9.77. The van der Waals surface area contributed by atoms with E-state index in [0.29, 0.717) is 0 Å². The van der Waals surface area contributed by atoms with E-state index in [2.05, 4.69) is 10.6 Å². The lowest BCUT2D eigenvalue weighted by atomic mass is 9.92. The van der Waals surface area contributed by atoms with Gasteiger partial charge in [0.05, 0.1) is 6.04 Å². The number of thiophene rings is 1. The fourth-order valence-electron chi connectivity index (χ4n) is 3.61. The summed E-state index contributed by atoms with van der Waals surface area (Å²) < 4.78 is 27.0. The molecule has 164 valence electrons. The summed E-state index contributed by atoms with van der Waals surface area (Å²) in [6.45, 7) is 0.870. The van der Waals surface area contributed by atoms with Gasteiger partial charge in [0.2, 0.25) is 5.91 Å². The fourth-order valence-corrected chi connectivity index (χ4v) is 4.42. The molecule has 1 aromatic heterocycles. The second kappa shape index (κ2) is 8.51. The summed E-state index contributed by atoms with van der Waals surface area (Å²) in [5.41, 5.74) is -0.677. The zero-order chi connectivity index (χ0) is 22.9. The average molecular weight is 455 g/mol. The topological polar surface area (TPSA) is 78.5 Å². The van der Waals surface area contributed by atoms with E-state index in [0.717, 1.165) is 27.5 Å². The Labute approximate surface area is 186 Å². The molecule has 2 heterocycles. The van der Waals surface area contributed by atoms with Crippen LogP contribution in [0.1, 0.15) is 29.0 Å². The van der Waals surface area contributed by atoms with Crippen molar-refractivity contribution in [1.29, 1.82) is 0 Å². The number of benzene rings is 2. The summed E-state index contributed by atoms with van der Waals surface area (Å²) in [6, 6.07) is 14.8. The first-order chi connectivity index (χ1) is 15.3. The lowest BCUT2D eigenvalue weighted by molar-refractivity contribution is -0.135. The van der Waals surface area contributed by atoms with Gasteiger partial charge in [-0.2, -0.15) is 0 Å². The van der Waals surface area contributed by atoms with Gasteiger partial charge in [0.1, 0.15) is 12.1 Å². The first-order valence-corrected chi connectivity index (χ1v) is 10.6. The number of urea groups is 1. The molecule has 1 aliphatic heterocycles. The standard InChI is InChI=1S/C23H19F2N3O3S/c1-23(15-9-10-16(24)17(25)12-15)21(30)28(22(31)27-23)13-19(29)26-20(18-8-5-11-32-18)14-6-3-2-4-7-14/h2-12,20H,13H2,1H3,(H,26,29)(H,27,31)/t20?,23-/m1/s1. The van der Waals surface area contributed by atoms with Crippen LogP contribution in [0.25, 0.3) is 0 Å². The number of carbonyl (C=O) groups excluding carboxylic acids is 3. The van der Waals surface area contributed by atoms with Gasteiger partial charge in [-0.1, -0.05) is 42.5 Å². The SMILES string of the molecule is C[C@]1(c2ccc(F)c(F)c2)NC(=O)N(CC(=O)NC(c2ccccc2)c2cccs2)C1=O. The third-order valence-corrected chi connectivity index (χ3v) is 6.28. The Morgan fingerprint density at radius 1 is 1.09 bits per heavy atom. The Bertz CT molecular complexity index is 1170. The number of nitrogens with zero attached hydrogens (tertiary/aromatic N) is 1. The normalized spacial score (nSPS) is 19.0. The summed E-state index contributed by atoms with van der Waals surface area (Å²) in [7, 11) is 0. The average Bonchev–Trinajstić information content (AvgIpc) is 3.38. The zero-order valence-electron chi connectivity index (χ0n) is 17.0. The van der Waals surface area contributed by atoms with E-state index < -0.39 is 47.6 Å². The minimum Gasteiger partial charge on any atom is -0.343 e. The molecular formula is C23H19F2N3O3S. The van der Waals surface area contributed by atoms with Gasteiger partial charge in [-0.15, -0.1) is 11.3 Å². The van der Waals surface area contributed by atoms with Crippen molar-refractivity contribution in [2.24, 2.45) is 0 Å². The van der Waals surface area contributed by atoms with E-state index in [1.54, 1.807) is 0 Å². The van der Waals surface area contributed by atoms with Crippen molar-refractivity contribution < 1.29 is 23.2 Å². The second-order valence-electron chi connectivity index (χ2n) is 7.50. The van der Waals surface area contributed by atoms with E-state index in [-0.39, 0.29) is 5.56 Å². The van der Waals surface area contributed by atoms with Gasteiger partial charge >= 0.3 is 6.03 Å². The molecule has 0 saturated carbocycles. The highest BCUT2D eigenvalue weighted by Crippen LogP contribution is 2.30. The van der Waals surface area contributed by atoms with Crippen molar-refractivity contribution in [1.82, 2.24) is 15.5 Å². The molecule has 3 aromatic rings. The highest BCUT2D eigenvalue weighted by Gasteiger charge is 2.49. The van der Waals surface area contributed by atoms with Crippen LogP contribution < -0.4 is 10.6 Å². The molecular weight excluding hydrogens is 436 g/mol. The molecule has 6 nitrogen and oxygen atoms in total. The molecule has 0 spiro atoms. The van der Waals surface area contributed by atoms with E-state index >= 15 is 0 Å². The molecule has 0 bridgehead atoms. The predicted molar refractivity (Wildman–Crippen MR) is 115 cm³/mol. The molecule has 0 radical (unpaired) electrons. The number of nitrogens with one attached hydrogen (secondary N) is 2. The van der Waals surface area contributed by atoms with Crippen LogP contribution in [0.5, 0.6) is 0 Å². The minimum atomic E-state index is -1.61. The smallest absolute Gasteiger partial charge is 0.325 e. The maximum Gasteiger partial charge on any atom is 0.325 e. The monoisotopic (exact) mass is 455 g/mol. The van der Waals surface area contributed by atoms with Gasteiger partial charge in [0.25, 0.3) is 5.91 Å². The van der Waals surface area contributed by atoms with Gasteiger partial charge in [-0.05, 0) is 41.6 Å². The summed E-state index contributed by atoms with van der Waals surface area (Å²) in [5, 5.41) is 7.25. The van der Waals surface area contributed by atoms with Crippen molar-refractivity contribution in [2.75, 3.05) is 6.54 Å². The van der Waals surface area contributed by atoms with Gasteiger partial charge in [0, 0.05) is 4.88 Å². The van der Waals surface area contributed by atoms with Crippen molar-refractivity contribution in [2.45, 2.75) is 18.5 Å². The maximum atomic E-state index is 13.7. The fraction of sp³-hybridized carbons (Fsp3) is 0.174. The summed E-state index contributed by atoms with van der Waals surface area (Å²) >= 11 is 1.47. The van der Waals surface area contributed by atoms with Crippen LogP contribution in [0.2, 0.25) is 0 Å². The molecule has 1 unspecified atom stereocenters. The van der Waals surface area contributed by atoms with Crippen LogP contribution in [0.3, 0.4) is 0 Å². The molecule has 2 atom stereocenters.